The van der Waals surface area contributed by atoms with E-state index in [0.717, 1.165) is 4.48 Å². The van der Waals surface area contributed by atoms with Gasteiger partial charge in [0.1, 0.15) is 23.8 Å². The Labute approximate surface area is 137 Å². The molecule has 0 atom stereocenters. The Balaban J connectivity index is 0.000000841. The molecule has 0 saturated carbocycles. The van der Waals surface area contributed by atoms with E-state index in [1.54, 1.807) is 30.2 Å². The lowest BCUT2D eigenvalue weighted by atomic mass is 10.1. The fourth-order valence-corrected chi connectivity index (χ4v) is 1.32. The maximum Gasteiger partial charge on any atom is 0.130 e. The second kappa shape index (κ2) is 9.90. The van der Waals surface area contributed by atoms with E-state index in [2.05, 4.69) is 28.2 Å². The van der Waals surface area contributed by atoms with Gasteiger partial charge >= 0.3 is 0 Å². The monoisotopic (exact) mass is 309 g/mol. The molecular formula is C17H19N5O. The van der Waals surface area contributed by atoms with Crippen molar-refractivity contribution < 1.29 is 9.22 Å². The van der Waals surface area contributed by atoms with Crippen LogP contribution >= 0.6 is 0 Å². The first-order valence-electron chi connectivity index (χ1n) is 6.70. The van der Waals surface area contributed by atoms with Crippen LogP contribution in [0.5, 0.6) is 0 Å². The second-order valence-corrected chi connectivity index (χ2v) is 6.03. The summed E-state index contributed by atoms with van der Waals surface area (Å²) in [6.07, 6.45) is 4.55. The first kappa shape index (κ1) is 20.1. The summed E-state index contributed by atoms with van der Waals surface area (Å²) in [4.78, 5) is 0. The highest BCUT2D eigenvalue weighted by molar-refractivity contribution is 5.70. The number of allylic oxidation sites excluding steroid dienone is 3. The molecule has 0 N–H and O–H groups in total. The first-order valence-corrected chi connectivity index (χ1v) is 6.70. The normalized spacial score (nSPS) is 14.7. The van der Waals surface area contributed by atoms with Gasteiger partial charge in [0, 0.05) is 0 Å². The molecule has 0 fully saturated rings. The molecule has 0 aromatic heterocycles. The summed E-state index contributed by atoms with van der Waals surface area (Å²) < 4.78 is 6.24. The number of ether oxygens (including phenoxy) is 1. The lowest BCUT2D eigenvalue weighted by molar-refractivity contribution is -0.849. The van der Waals surface area contributed by atoms with E-state index in [1.165, 1.54) is 12.2 Å². The highest BCUT2D eigenvalue weighted by atomic mass is 16.5. The van der Waals surface area contributed by atoms with Crippen molar-refractivity contribution >= 4 is 5.87 Å². The molecule has 6 heteroatoms. The number of hydrogen-bond donors (Lipinski definition) is 0. The van der Waals surface area contributed by atoms with Crippen molar-refractivity contribution in [2.75, 3.05) is 41.4 Å². The number of nitrogens with zero attached hydrogens (tertiary/aromatic N) is 5. The van der Waals surface area contributed by atoms with E-state index >= 15 is 0 Å². The Bertz CT molecular complexity index is 671. The SMILES string of the molecule is C[N+](C)(C)C.N#CC(=C=[N-])/C=C1\C=C(C=C(C#N)C#N)COC1. The molecule has 0 aromatic carbocycles. The average molecular weight is 309 g/mol. The molecule has 0 radical (unpaired) electrons. The zero-order chi connectivity index (χ0) is 17.9. The highest BCUT2D eigenvalue weighted by Gasteiger charge is 2.07. The molecule has 0 aliphatic carbocycles. The zero-order valence-corrected chi connectivity index (χ0v) is 13.8. The molecule has 0 amide bonds. The van der Waals surface area contributed by atoms with Crippen molar-refractivity contribution in [1.29, 1.82) is 15.8 Å². The van der Waals surface area contributed by atoms with Gasteiger partial charge in [0.2, 0.25) is 0 Å². The van der Waals surface area contributed by atoms with E-state index in [1.807, 2.05) is 0 Å². The Morgan fingerprint density at radius 3 is 2.13 bits per heavy atom. The van der Waals surface area contributed by atoms with Gasteiger partial charge in [-0.2, -0.15) is 15.8 Å². The minimum absolute atomic E-state index is 0.0177. The van der Waals surface area contributed by atoms with Gasteiger partial charge in [-0.3, -0.25) is 5.87 Å². The summed E-state index contributed by atoms with van der Waals surface area (Å²) in [5.74, 6) is 1.75. The summed E-state index contributed by atoms with van der Waals surface area (Å²) in [5.41, 5.74) is 1.27. The molecule has 118 valence electrons. The third-order valence-electron chi connectivity index (χ3n) is 2.05. The Kier molecular flexibility index (Phi) is 8.63. The van der Waals surface area contributed by atoms with Crippen LogP contribution < -0.4 is 0 Å². The Hall–Kier alpha value is -2.94. The fourth-order valence-electron chi connectivity index (χ4n) is 1.32. The smallest absolute Gasteiger partial charge is 0.130 e. The molecule has 0 aromatic rings. The molecule has 0 saturated heterocycles. The predicted octanol–water partition coefficient (Wildman–Crippen LogP) is 1.85. The standard InChI is InChI=1S/C13H7N4O.C4H12N/c14-4-12(5-15)2-10-1-11(9-18-8-10)3-13(6-16)7-17;1-5(2,3)4/h1-3H,8-9H2;1-4H3/q-1;+1/b10-2+;. The summed E-state index contributed by atoms with van der Waals surface area (Å²) in [6, 6.07) is 5.25. The predicted molar refractivity (Wildman–Crippen MR) is 87.7 cm³/mol. The van der Waals surface area contributed by atoms with Gasteiger partial charge in [0.15, 0.2) is 0 Å². The van der Waals surface area contributed by atoms with Gasteiger partial charge in [-0.25, -0.2) is 0 Å². The molecule has 1 aliphatic heterocycles. The van der Waals surface area contributed by atoms with Crippen molar-refractivity contribution in [3.63, 3.8) is 0 Å². The van der Waals surface area contributed by atoms with E-state index in [4.69, 9.17) is 25.9 Å². The highest BCUT2D eigenvalue weighted by Crippen LogP contribution is 2.15. The molecule has 1 heterocycles. The van der Waals surface area contributed by atoms with E-state index in [-0.39, 0.29) is 11.1 Å². The van der Waals surface area contributed by atoms with Crippen molar-refractivity contribution in [1.82, 2.24) is 0 Å². The molecule has 6 nitrogen and oxygen atoms in total. The Morgan fingerprint density at radius 2 is 1.70 bits per heavy atom. The molecule has 0 unspecified atom stereocenters. The zero-order valence-electron chi connectivity index (χ0n) is 13.8. The summed E-state index contributed by atoms with van der Waals surface area (Å²) in [6.45, 7) is 0.581. The Morgan fingerprint density at radius 1 is 1.13 bits per heavy atom. The summed E-state index contributed by atoms with van der Waals surface area (Å²) in [5, 5.41) is 34.5. The quantitative estimate of drug-likeness (QED) is 0.441. The van der Waals surface area contributed by atoms with Gasteiger partial charge in [-0.15, -0.1) is 0 Å². The first-order chi connectivity index (χ1) is 10.7. The molecule has 23 heavy (non-hydrogen) atoms. The van der Waals surface area contributed by atoms with Gasteiger partial charge in [-0.1, -0.05) is 6.08 Å². The second-order valence-electron chi connectivity index (χ2n) is 6.03. The third kappa shape index (κ3) is 10.4. The van der Waals surface area contributed by atoms with Crippen LogP contribution in [-0.2, 0) is 4.74 Å². The molecule has 1 rings (SSSR count). The van der Waals surface area contributed by atoms with Crippen LogP contribution in [0.4, 0.5) is 0 Å². The van der Waals surface area contributed by atoms with Crippen molar-refractivity contribution in [2.24, 2.45) is 0 Å². The van der Waals surface area contributed by atoms with E-state index in [9.17, 15) is 0 Å². The van der Waals surface area contributed by atoms with Crippen LogP contribution in [0.15, 0.2) is 40.5 Å². The minimum Gasteiger partial charge on any atom is -0.762 e. The average Bonchev–Trinajstić information content (AvgIpc) is 2.49. The van der Waals surface area contributed by atoms with Crippen molar-refractivity contribution in [2.45, 2.75) is 0 Å². The van der Waals surface area contributed by atoms with Crippen molar-refractivity contribution in [3.05, 3.63) is 45.9 Å². The van der Waals surface area contributed by atoms with Crippen LogP contribution in [0.25, 0.3) is 5.41 Å². The van der Waals surface area contributed by atoms with E-state index in [0.29, 0.717) is 24.4 Å². The van der Waals surface area contributed by atoms with Crippen LogP contribution in [0.3, 0.4) is 0 Å². The maximum atomic E-state index is 8.63. The molecule has 0 bridgehead atoms. The fraction of sp³-hybridized carbons (Fsp3) is 0.353. The van der Waals surface area contributed by atoms with Crippen LogP contribution in [0.2, 0.25) is 0 Å². The van der Waals surface area contributed by atoms with Crippen LogP contribution in [0.1, 0.15) is 0 Å². The summed E-state index contributed by atoms with van der Waals surface area (Å²) >= 11 is 0. The van der Waals surface area contributed by atoms with Crippen LogP contribution in [-0.4, -0.2) is 51.8 Å². The number of nitriles is 3. The molecular weight excluding hydrogens is 290 g/mol. The lowest BCUT2D eigenvalue weighted by Gasteiger charge is -2.14. The summed E-state index contributed by atoms with van der Waals surface area (Å²) in [7, 11) is 8.50. The largest absolute Gasteiger partial charge is 0.762 e. The van der Waals surface area contributed by atoms with Gasteiger partial charge < -0.3 is 14.6 Å². The molecule has 0 spiro atoms. The number of hydrogen-bond acceptors (Lipinski definition) is 4. The minimum atomic E-state index is -0.0177. The van der Waals surface area contributed by atoms with Gasteiger partial charge in [-0.05, 0) is 23.3 Å². The number of quaternary nitrogens is 1. The maximum absolute atomic E-state index is 8.63. The van der Waals surface area contributed by atoms with E-state index < -0.39 is 0 Å². The molecule has 1 aliphatic rings. The lowest BCUT2D eigenvalue weighted by Crippen LogP contribution is -2.27. The van der Waals surface area contributed by atoms with Crippen LogP contribution in [0, 0.1) is 34.0 Å². The number of rotatable bonds is 2. The van der Waals surface area contributed by atoms with Gasteiger partial charge in [0.05, 0.1) is 47.0 Å². The topological polar surface area (TPSA) is 103 Å². The third-order valence-corrected chi connectivity index (χ3v) is 2.05. The van der Waals surface area contributed by atoms with Crippen molar-refractivity contribution in [3.8, 4) is 18.2 Å². The van der Waals surface area contributed by atoms with Gasteiger partial charge in [0.25, 0.3) is 0 Å².